The van der Waals surface area contributed by atoms with E-state index in [0.29, 0.717) is 0 Å². The Morgan fingerprint density at radius 3 is 0.923 bits per heavy atom. The second-order valence-electron chi connectivity index (χ2n) is 14.1. The number of rotatable bonds is 1. The van der Waals surface area contributed by atoms with Gasteiger partial charge >= 0.3 is 0 Å². The van der Waals surface area contributed by atoms with E-state index in [1.165, 1.54) is 86.2 Å². The van der Waals surface area contributed by atoms with Crippen molar-refractivity contribution in [1.82, 2.24) is 9.97 Å². The Balaban J connectivity index is 1.09. The molecule has 0 amide bonds. The summed E-state index contributed by atoms with van der Waals surface area (Å²) in [5.41, 5.74) is 3.69. The van der Waals surface area contributed by atoms with E-state index in [1.807, 2.05) is 0 Å². The smallest absolute Gasteiger partial charge is 0.0894 e. The first-order chi connectivity index (χ1) is 25.8. The molecule has 0 atom stereocenters. The van der Waals surface area contributed by atoms with Crippen LogP contribution in [0.2, 0.25) is 0 Å². The zero-order valence-electron chi connectivity index (χ0n) is 28.1. The van der Waals surface area contributed by atoms with E-state index in [1.54, 1.807) is 0 Å². The Kier molecular flexibility index (Phi) is 5.53. The van der Waals surface area contributed by atoms with Gasteiger partial charge < -0.3 is 0 Å². The van der Waals surface area contributed by atoms with Gasteiger partial charge in [0.05, 0.1) is 22.4 Å². The summed E-state index contributed by atoms with van der Waals surface area (Å²) in [5, 5.41) is 22.5. The lowest BCUT2D eigenvalue weighted by Gasteiger charge is -2.14. The van der Waals surface area contributed by atoms with Crippen LogP contribution in [0, 0.1) is 0 Å². The maximum atomic E-state index is 5.28. The third kappa shape index (κ3) is 3.84. The van der Waals surface area contributed by atoms with Crippen molar-refractivity contribution in [3.63, 3.8) is 0 Å². The molecule has 0 aliphatic carbocycles. The van der Waals surface area contributed by atoms with Gasteiger partial charge in [-0.2, -0.15) is 0 Å². The van der Waals surface area contributed by atoms with Gasteiger partial charge in [0.25, 0.3) is 0 Å². The molecule has 0 radical (unpaired) electrons. The quantitative estimate of drug-likeness (QED) is 0.164. The molecule has 2 heterocycles. The van der Waals surface area contributed by atoms with Gasteiger partial charge in [-0.15, -0.1) is 0 Å². The summed E-state index contributed by atoms with van der Waals surface area (Å²) < 4.78 is 0. The number of benzene rings is 10. The van der Waals surface area contributed by atoms with Crippen LogP contribution in [0.15, 0.2) is 170 Å². The molecular weight excluding hydrogens is 629 g/mol. The van der Waals surface area contributed by atoms with Crippen molar-refractivity contribution in [1.29, 1.82) is 0 Å². The number of pyridine rings is 2. The van der Waals surface area contributed by atoms with Crippen LogP contribution in [0.5, 0.6) is 0 Å². The van der Waals surface area contributed by atoms with Crippen LogP contribution in [-0.2, 0) is 0 Å². The van der Waals surface area contributed by atoms with Gasteiger partial charge in [-0.05, 0) is 123 Å². The van der Waals surface area contributed by atoms with Crippen molar-refractivity contribution < 1.29 is 0 Å². The molecule has 238 valence electrons. The largest absolute Gasteiger partial charge is 0.246 e. The van der Waals surface area contributed by atoms with Crippen molar-refractivity contribution in [2.24, 2.45) is 0 Å². The number of hydrogen-bond acceptors (Lipinski definition) is 2. The Morgan fingerprint density at radius 1 is 0.212 bits per heavy atom. The minimum atomic E-state index is 0.874. The maximum Gasteiger partial charge on any atom is 0.0894 e. The lowest BCUT2D eigenvalue weighted by Crippen LogP contribution is -1.92. The first kappa shape index (κ1) is 27.9. The predicted molar refractivity (Wildman–Crippen MR) is 223 cm³/mol. The van der Waals surface area contributed by atoms with Crippen LogP contribution in [0.1, 0.15) is 0 Å². The number of fused-ring (bicyclic) bond motifs is 18. The van der Waals surface area contributed by atoms with Crippen LogP contribution in [0.4, 0.5) is 0 Å². The third-order valence-electron chi connectivity index (χ3n) is 11.3. The van der Waals surface area contributed by atoms with E-state index in [0.717, 1.165) is 33.2 Å². The Hall–Kier alpha value is -6.90. The molecule has 0 aliphatic rings. The highest BCUT2D eigenvalue weighted by molar-refractivity contribution is 6.33. The molecule has 12 aromatic rings. The Morgan fingerprint density at radius 2 is 0.519 bits per heavy atom. The summed E-state index contributed by atoms with van der Waals surface area (Å²) in [5.74, 6) is 0. The molecule has 10 aromatic carbocycles. The van der Waals surface area contributed by atoms with Crippen molar-refractivity contribution >= 4 is 108 Å². The van der Waals surface area contributed by atoms with Crippen molar-refractivity contribution in [2.75, 3.05) is 0 Å². The van der Waals surface area contributed by atoms with Gasteiger partial charge in [0.1, 0.15) is 0 Å². The molecule has 2 nitrogen and oxygen atoms in total. The molecule has 2 heteroatoms. The topological polar surface area (TPSA) is 25.8 Å². The lowest BCUT2D eigenvalue weighted by molar-refractivity contribution is 1.32. The fourth-order valence-corrected chi connectivity index (χ4v) is 8.97. The highest BCUT2D eigenvalue weighted by Gasteiger charge is 2.15. The van der Waals surface area contributed by atoms with Crippen LogP contribution < -0.4 is 0 Å². The van der Waals surface area contributed by atoms with Crippen LogP contribution >= 0.6 is 0 Å². The lowest BCUT2D eigenvalue weighted by atomic mass is 9.91. The van der Waals surface area contributed by atoms with E-state index >= 15 is 0 Å². The summed E-state index contributed by atoms with van der Waals surface area (Å²) >= 11 is 0. The van der Waals surface area contributed by atoms with Gasteiger partial charge in [0, 0.05) is 10.8 Å². The predicted octanol–water partition coefficient (Wildman–Crippen LogP) is 13.7. The zero-order chi connectivity index (χ0) is 33.9. The molecule has 12 rings (SSSR count). The average Bonchev–Trinajstić information content (AvgIpc) is 3.21. The van der Waals surface area contributed by atoms with Crippen LogP contribution in [-0.4, -0.2) is 9.97 Å². The highest BCUT2D eigenvalue weighted by Crippen LogP contribution is 2.41. The molecule has 0 bridgehead atoms. The van der Waals surface area contributed by atoms with E-state index < -0.39 is 0 Å². The maximum absolute atomic E-state index is 5.28. The molecule has 0 saturated carbocycles. The molecule has 0 unspecified atom stereocenters. The Labute approximate surface area is 298 Å². The highest BCUT2D eigenvalue weighted by atomic mass is 14.8. The molecule has 2 aromatic heterocycles. The van der Waals surface area contributed by atoms with Gasteiger partial charge in [-0.1, -0.05) is 133 Å². The minimum absolute atomic E-state index is 0.874. The van der Waals surface area contributed by atoms with Gasteiger partial charge in [0.15, 0.2) is 0 Å². The molecular formula is C50H28N2. The molecule has 0 saturated heterocycles. The van der Waals surface area contributed by atoms with E-state index in [-0.39, 0.29) is 0 Å². The number of aromatic nitrogens is 2. The van der Waals surface area contributed by atoms with E-state index in [2.05, 4.69) is 170 Å². The van der Waals surface area contributed by atoms with Crippen molar-refractivity contribution in [3.05, 3.63) is 170 Å². The summed E-state index contributed by atoms with van der Waals surface area (Å²) in [6.45, 7) is 0. The average molecular weight is 657 g/mol. The molecule has 52 heavy (non-hydrogen) atoms. The second kappa shape index (κ2) is 10.3. The molecule has 0 fully saturated rings. The molecule has 0 aliphatic heterocycles. The fraction of sp³-hybridized carbons (Fsp3) is 0. The zero-order valence-corrected chi connectivity index (χ0v) is 28.1. The summed E-state index contributed by atoms with van der Waals surface area (Å²) in [7, 11) is 0. The van der Waals surface area contributed by atoms with Crippen LogP contribution in [0.3, 0.4) is 0 Å². The Bertz CT molecular complexity index is 3270. The van der Waals surface area contributed by atoms with Gasteiger partial charge in [0.2, 0.25) is 0 Å². The first-order valence-electron chi connectivity index (χ1n) is 17.9. The number of nitrogens with zero attached hydrogens (tertiary/aromatic N) is 2. The normalized spacial score (nSPS) is 12.2. The second-order valence-corrected chi connectivity index (χ2v) is 14.1. The fourth-order valence-electron chi connectivity index (χ4n) is 8.97. The summed E-state index contributed by atoms with van der Waals surface area (Å²) in [6.07, 6.45) is 0. The van der Waals surface area contributed by atoms with Crippen molar-refractivity contribution in [3.8, 4) is 11.4 Å². The van der Waals surface area contributed by atoms with Gasteiger partial charge in [-0.3, -0.25) is 0 Å². The van der Waals surface area contributed by atoms with Crippen LogP contribution in [0.25, 0.3) is 119 Å². The third-order valence-corrected chi connectivity index (χ3v) is 11.3. The summed E-state index contributed by atoms with van der Waals surface area (Å²) in [4.78, 5) is 10.6. The molecule has 0 spiro atoms. The van der Waals surface area contributed by atoms with E-state index in [4.69, 9.17) is 9.97 Å². The standard InChI is InChI=1S/C50H28N2/c1-3-7-37-29(5-1)9-11-31-13-17-35-19-15-33-21-25-41-39(47(33)49(35)45(31)37)23-27-43(51-41)44-28-24-40-42(52-44)26-22-34-16-20-36-18-14-32-12-10-30-6-2-4-8-38(30)46(32)50(36)48(34)40/h1-28H. The first-order valence-corrected chi connectivity index (χ1v) is 17.9. The van der Waals surface area contributed by atoms with Crippen molar-refractivity contribution in [2.45, 2.75) is 0 Å². The minimum Gasteiger partial charge on any atom is -0.246 e. The SMILES string of the molecule is c1ccc2c(c1)ccc1ccc3ccc4ccc5nc(-c6ccc7c(ccc8ccc9ccc%10ccc%11ccccc%11c%10c9c87)n6)ccc5c4c3c12. The monoisotopic (exact) mass is 656 g/mol. The van der Waals surface area contributed by atoms with Gasteiger partial charge in [-0.25, -0.2) is 9.97 Å². The molecule has 0 N–H and O–H groups in total. The van der Waals surface area contributed by atoms with E-state index in [9.17, 15) is 0 Å². The summed E-state index contributed by atoms with van der Waals surface area (Å²) in [6, 6.07) is 61.9. The number of hydrogen-bond donors (Lipinski definition) is 0.